The lowest BCUT2D eigenvalue weighted by atomic mass is 10.1. The van der Waals surface area contributed by atoms with Crippen molar-refractivity contribution in [1.82, 2.24) is 15.2 Å². The predicted octanol–water partition coefficient (Wildman–Crippen LogP) is 4.04. The van der Waals surface area contributed by atoms with Crippen molar-refractivity contribution >= 4 is 11.7 Å². The minimum atomic E-state index is -0.261. The standard InChI is InChI=1S/C26H29FN4O2/c1-28-15-13-24(20-7-9-21(27)10-8-20)33-22-11-5-19(6-12-22)18-31-17-16-30(2)25-23(26(31)32)4-3-14-29-25/h3-12,14,24,28H,13,15-18H2,1-2H3. The minimum absolute atomic E-state index is 0.00813. The summed E-state index contributed by atoms with van der Waals surface area (Å²) in [5, 5.41) is 3.14. The second-order valence-corrected chi connectivity index (χ2v) is 8.22. The normalized spacial score (nSPS) is 14.6. The van der Waals surface area contributed by atoms with Crippen LogP contribution in [0.5, 0.6) is 5.75 Å². The smallest absolute Gasteiger partial charge is 0.257 e. The SMILES string of the molecule is CNCCC(Oc1ccc(CN2CCN(C)c3ncccc3C2=O)cc1)c1ccc(F)cc1. The largest absolute Gasteiger partial charge is 0.486 e. The highest BCUT2D eigenvalue weighted by atomic mass is 19.1. The Labute approximate surface area is 194 Å². The molecular weight excluding hydrogens is 419 g/mol. The average molecular weight is 449 g/mol. The number of pyridine rings is 1. The summed E-state index contributed by atoms with van der Waals surface area (Å²) in [5.74, 6) is 1.19. The zero-order valence-electron chi connectivity index (χ0n) is 19.0. The summed E-state index contributed by atoms with van der Waals surface area (Å²) < 4.78 is 19.6. The number of hydrogen-bond acceptors (Lipinski definition) is 5. The number of fused-ring (bicyclic) bond motifs is 1. The van der Waals surface area contributed by atoms with E-state index >= 15 is 0 Å². The molecule has 6 nitrogen and oxygen atoms in total. The predicted molar refractivity (Wildman–Crippen MR) is 127 cm³/mol. The lowest BCUT2D eigenvalue weighted by molar-refractivity contribution is 0.0754. The van der Waals surface area contributed by atoms with Crippen LogP contribution in [-0.4, -0.2) is 49.5 Å². The third-order valence-electron chi connectivity index (χ3n) is 5.84. The number of ether oxygens (including phenoxy) is 1. The van der Waals surface area contributed by atoms with Crippen LogP contribution in [0.15, 0.2) is 66.9 Å². The Morgan fingerprint density at radius 2 is 1.85 bits per heavy atom. The summed E-state index contributed by atoms with van der Waals surface area (Å²) in [7, 11) is 3.85. The molecule has 33 heavy (non-hydrogen) atoms. The third kappa shape index (κ3) is 5.49. The van der Waals surface area contributed by atoms with Crippen LogP contribution in [0.1, 0.15) is 34.0 Å². The maximum Gasteiger partial charge on any atom is 0.257 e. The lowest BCUT2D eigenvalue weighted by Gasteiger charge is -2.22. The Morgan fingerprint density at radius 3 is 2.58 bits per heavy atom. The molecule has 1 aromatic heterocycles. The van der Waals surface area contributed by atoms with Gasteiger partial charge in [-0.2, -0.15) is 0 Å². The molecule has 3 aromatic rings. The van der Waals surface area contributed by atoms with E-state index in [1.807, 2.05) is 54.2 Å². The number of nitrogens with one attached hydrogen (secondary N) is 1. The van der Waals surface area contributed by atoms with Crippen LogP contribution in [0.3, 0.4) is 0 Å². The monoisotopic (exact) mass is 448 g/mol. The Hall–Kier alpha value is -3.45. The number of carbonyl (C=O) groups is 1. The van der Waals surface area contributed by atoms with E-state index in [1.165, 1.54) is 12.1 Å². The highest BCUT2D eigenvalue weighted by Gasteiger charge is 2.25. The van der Waals surface area contributed by atoms with E-state index in [0.29, 0.717) is 18.7 Å². The van der Waals surface area contributed by atoms with Crippen LogP contribution in [0.4, 0.5) is 10.2 Å². The summed E-state index contributed by atoms with van der Waals surface area (Å²) in [6.45, 7) is 2.65. The zero-order valence-corrected chi connectivity index (χ0v) is 19.0. The Kier molecular flexibility index (Phi) is 7.19. The van der Waals surface area contributed by atoms with Crippen LogP contribution < -0.4 is 15.0 Å². The maximum absolute atomic E-state index is 13.3. The first-order valence-electron chi connectivity index (χ1n) is 11.2. The number of benzene rings is 2. The van der Waals surface area contributed by atoms with Gasteiger partial charge in [0.2, 0.25) is 0 Å². The van der Waals surface area contributed by atoms with E-state index in [4.69, 9.17) is 4.74 Å². The molecule has 1 N–H and O–H groups in total. The fourth-order valence-corrected chi connectivity index (χ4v) is 3.97. The molecule has 0 radical (unpaired) electrons. The number of amides is 1. The van der Waals surface area contributed by atoms with Gasteiger partial charge < -0.3 is 19.9 Å². The molecule has 1 aliphatic rings. The molecule has 172 valence electrons. The van der Waals surface area contributed by atoms with Crippen molar-refractivity contribution < 1.29 is 13.9 Å². The Balaban J connectivity index is 1.45. The van der Waals surface area contributed by atoms with Crippen molar-refractivity contribution in [3.63, 3.8) is 0 Å². The first-order chi connectivity index (χ1) is 16.0. The van der Waals surface area contributed by atoms with Crippen molar-refractivity contribution in [2.75, 3.05) is 38.6 Å². The Bertz CT molecular complexity index is 1070. The van der Waals surface area contributed by atoms with Gasteiger partial charge in [-0.1, -0.05) is 24.3 Å². The summed E-state index contributed by atoms with van der Waals surface area (Å²) in [6, 6.07) is 17.9. The van der Waals surface area contributed by atoms with Crippen molar-refractivity contribution in [2.45, 2.75) is 19.1 Å². The zero-order chi connectivity index (χ0) is 23.2. The van der Waals surface area contributed by atoms with E-state index in [-0.39, 0.29) is 17.8 Å². The second-order valence-electron chi connectivity index (χ2n) is 8.22. The number of aromatic nitrogens is 1. The van der Waals surface area contributed by atoms with Crippen molar-refractivity contribution in [3.05, 3.63) is 89.4 Å². The molecule has 2 aromatic carbocycles. The van der Waals surface area contributed by atoms with Crippen LogP contribution in [-0.2, 0) is 6.54 Å². The quantitative estimate of drug-likeness (QED) is 0.564. The summed E-state index contributed by atoms with van der Waals surface area (Å²) in [4.78, 5) is 21.3. The molecule has 4 rings (SSSR count). The van der Waals surface area contributed by atoms with Gasteiger partial charge in [-0.25, -0.2) is 9.37 Å². The molecule has 1 unspecified atom stereocenters. The van der Waals surface area contributed by atoms with E-state index in [9.17, 15) is 9.18 Å². The minimum Gasteiger partial charge on any atom is -0.486 e. The second kappa shape index (κ2) is 10.4. The van der Waals surface area contributed by atoms with Gasteiger partial charge in [0.15, 0.2) is 0 Å². The lowest BCUT2D eigenvalue weighted by Crippen LogP contribution is -2.33. The Morgan fingerprint density at radius 1 is 1.09 bits per heavy atom. The summed E-state index contributed by atoms with van der Waals surface area (Å²) in [5.41, 5.74) is 2.59. The summed E-state index contributed by atoms with van der Waals surface area (Å²) >= 11 is 0. The van der Waals surface area contributed by atoms with Crippen molar-refractivity contribution in [1.29, 1.82) is 0 Å². The number of rotatable bonds is 8. The number of hydrogen-bond donors (Lipinski definition) is 1. The van der Waals surface area contributed by atoms with Gasteiger partial charge in [0.1, 0.15) is 23.5 Å². The van der Waals surface area contributed by atoms with Crippen molar-refractivity contribution in [3.8, 4) is 5.75 Å². The van der Waals surface area contributed by atoms with Crippen molar-refractivity contribution in [2.24, 2.45) is 0 Å². The first kappa shape index (κ1) is 22.7. The molecule has 1 atom stereocenters. The van der Waals surface area contributed by atoms with Crippen LogP contribution in [0, 0.1) is 5.82 Å². The van der Waals surface area contributed by atoms with E-state index < -0.39 is 0 Å². The highest BCUT2D eigenvalue weighted by Crippen LogP contribution is 2.26. The molecule has 0 saturated heterocycles. The molecule has 0 spiro atoms. The maximum atomic E-state index is 13.3. The first-order valence-corrected chi connectivity index (χ1v) is 11.2. The van der Waals surface area contributed by atoms with Crippen LogP contribution >= 0.6 is 0 Å². The number of likely N-dealkylation sites (N-methyl/N-ethyl adjacent to an activating group) is 1. The van der Waals surface area contributed by atoms with Gasteiger partial charge in [0.05, 0.1) is 5.56 Å². The van der Waals surface area contributed by atoms with Crippen LogP contribution in [0.2, 0.25) is 0 Å². The molecule has 0 fully saturated rings. The van der Waals surface area contributed by atoms with Gasteiger partial charge >= 0.3 is 0 Å². The fraction of sp³-hybridized carbons (Fsp3) is 0.308. The number of anilines is 1. The molecule has 1 amide bonds. The van der Waals surface area contributed by atoms with Gasteiger partial charge in [-0.3, -0.25) is 4.79 Å². The molecule has 0 aliphatic carbocycles. The van der Waals surface area contributed by atoms with Gasteiger partial charge in [0.25, 0.3) is 5.91 Å². The summed E-state index contributed by atoms with van der Waals surface area (Å²) in [6.07, 6.45) is 2.29. The van der Waals surface area contributed by atoms with E-state index in [0.717, 1.165) is 42.2 Å². The molecule has 0 saturated carbocycles. The average Bonchev–Trinajstić information content (AvgIpc) is 2.96. The number of nitrogens with zero attached hydrogens (tertiary/aromatic N) is 3. The molecule has 0 bridgehead atoms. The fourth-order valence-electron chi connectivity index (χ4n) is 3.97. The van der Waals surface area contributed by atoms with Gasteiger partial charge in [-0.05, 0) is 61.1 Å². The molecule has 1 aliphatic heterocycles. The molecule has 2 heterocycles. The number of halogens is 1. The topological polar surface area (TPSA) is 57.7 Å². The number of carbonyl (C=O) groups excluding carboxylic acids is 1. The highest BCUT2D eigenvalue weighted by molar-refractivity contribution is 5.99. The van der Waals surface area contributed by atoms with E-state index in [1.54, 1.807) is 24.4 Å². The van der Waals surface area contributed by atoms with Crippen LogP contribution in [0.25, 0.3) is 0 Å². The molecule has 7 heteroatoms. The van der Waals surface area contributed by atoms with E-state index in [2.05, 4.69) is 10.3 Å². The van der Waals surface area contributed by atoms with Gasteiger partial charge in [-0.15, -0.1) is 0 Å². The molecular formula is C26H29FN4O2. The van der Waals surface area contributed by atoms with Gasteiger partial charge in [0, 0.05) is 39.3 Å². The third-order valence-corrected chi connectivity index (χ3v) is 5.84.